The molecule has 0 radical (unpaired) electrons. The molecule has 84 valence electrons. The van der Waals surface area contributed by atoms with Crippen LogP contribution in [0.1, 0.15) is 24.0 Å². The molecule has 0 saturated heterocycles. The van der Waals surface area contributed by atoms with E-state index in [4.69, 9.17) is 0 Å². The molecule has 0 aromatic heterocycles. The first-order valence-electron chi connectivity index (χ1n) is 5.59. The summed E-state index contributed by atoms with van der Waals surface area (Å²) in [5, 5.41) is 0. The van der Waals surface area contributed by atoms with E-state index >= 15 is 0 Å². The van der Waals surface area contributed by atoms with Crippen molar-refractivity contribution in [1.29, 1.82) is 0 Å². The maximum Gasteiger partial charge on any atom is 0.223 e. The van der Waals surface area contributed by atoms with Gasteiger partial charge in [0.25, 0.3) is 0 Å². The summed E-state index contributed by atoms with van der Waals surface area (Å²) in [5.74, 6) is 0.0848. The number of rotatable bonds is 3. The van der Waals surface area contributed by atoms with Gasteiger partial charge in [-0.1, -0.05) is 24.3 Å². The van der Waals surface area contributed by atoms with Crippen LogP contribution in [-0.2, 0) is 22.6 Å². The van der Waals surface area contributed by atoms with Crippen LogP contribution in [0.2, 0.25) is 0 Å². The zero-order valence-electron chi connectivity index (χ0n) is 9.19. The maximum absolute atomic E-state index is 11.7. The molecule has 1 heterocycles. The summed E-state index contributed by atoms with van der Waals surface area (Å²) in [4.78, 5) is 23.8. The average Bonchev–Trinajstić information content (AvgIpc) is 2.35. The molecule has 1 aromatic rings. The highest BCUT2D eigenvalue weighted by Crippen LogP contribution is 2.18. The molecular weight excluding hydrogens is 202 g/mol. The Labute approximate surface area is 95.1 Å². The molecular formula is C13H15NO2. The van der Waals surface area contributed by atoms with E-state index in [9.17, 15) is 9.59 Å². The van der Waals surface area contributed by atoms with Crippen LogP contribution >= 0.6 is 0 Å². The number of amides is 1. The van der Waals surface area contributed by atoms with Gasteiger partial charge < -0.3 is 9.69 Å². The highest BCUT2D eigenvalue weighted by Gasteiger charge is 2.19. The lowest BCUT2D eigenvalue weighted by Crippen LogP contribution is -2.35. The van der Waals surface area contributed by atoms with Crippen molar-refractivity contribution >= 4 is 12.2 Å². The molecule has 3 heteroatoms. The van der Waals surface area contributed by atoms with Gasteiger partial charge in [-0.3, -0.25) is 4.79 Å². The molecule has 0 bridgehead atoms. The summed E-state index contributed by atoms with van der Waals surface area (Å²) in [6, 6.07) is 8.21. The predicted octanol–water partition coefficient (Wildman–Crippen LogP) is 1.55. The Morgan fingerprint density at radius 1 is 1.31 bits per heavy atom. The lowest BCUT2D eigenvalue weighted by molar-refractivity contribution is -0.133. The first-order chi connectivity index (χ1) is 7.81. The van der Waals surface area contributed by atoms with Gasteiger partial charge in [0.2, 0.25) is 5.91 Å². The highest BCUT2D eigenvalue weighted by atomic mass is 16.2. The van der Waals surface area contributed by atoms with Gasteiger partial charge in [-0.15, -0.1) is 0 Å². The SMILES string of the molecule is O=CCCC(=O)N1CCc2ccccc2C1. The molecule has 3 nitrogen and oxygen atoms in total. The fourth-order valence-corrected chi connectivity index (χ4v) is 2.05. The fraction of sp³-hybridized carbons (Fsp3) is 0.385. The minimum Gasteiger partial charge on any atom is -0.338 e. The molecule has 1 aliphatic heterocycles. The normalized spacial score (nSPS) is 14.4. The van der Waals surface area contributed by atoms with Gasteiger partial charge in [0, 0.05) is 25.9 Å². The third-order valence-corrected chi connectivity index (χ3v) is 2.96. The van der Waals surface area contributed by atoms with Crippen molar-refractivity contribution in [3.05, 3.63) is 35.4 Å². The molecule has 1 aromatic carbocycles. The number of hydrogen-bond donors (Lipinski definition) is 0. The Morgan fingerprint density at radius 3 is 2.81 bits per heavy atom. The molecule has 0 unspecified atom stereocenters. The van der Waals surface area contributed by atoms with Gasteiger partial charge in [0.05, 0.1) is 0 Å². The first-order valence-corrected chi connectivity index (χ1v) is 5.59. The van der Waals surface area contributed by atoms with Crippen LogP contribution in [0.15, 0.2) is 24.3 Å². The van der Waals surface area contributed by atoms with Crippen LogP contribution in [0.4, 0.5) is 0 Å². The summed E-state index contributed by atoms with van der Waals surface area (Å²) in [7, 11) is 0. The van der Waals surface area contributed by atoms with Crippen molar-refractivity contribution in [2.24, 2.45) is 0 Å². The van der Waals surface area contributed by atoms with Gasteiger partial charge in [-0.05, 0) is 17.5 Å². The van der Waals surface area contributed by atoms with E-state index in [-0.39, 0.29) is 5.91 Å². The van der Waals surface area contributed by atoms with E-state index in [1.807, 2.05) is 17.0 Å². The van der Waals surface area contributed by atoms with E-state index in [0.29, 0.717) is 19.4 Å². The van der Waals surface area contributed by atoms with Crippen molar-refractivity contribution in [2.75, 3.05) is 6.54 Å². The Morgan fingerprint density at radius 2 is 2.06 bits per heavy atom. The summed E-state index contributed by atoms with van der Waals surface area (Å²) < 4.78 is 0. The van der Waals surface area contributed by atoms with Gasteiger partial charge in [-0.2, -0.15) is 0 Å². The van der Waals surface area contributed by atoms with Crippen LogP contribution in [0.25, 0.3) is 0 Å². The largest absolute Gasteiger partial charge is 0.338 e. The number of fused-ring (bicyclic) bond motifs is 1. The van der Waals surface area contributed by atoms with Crippen molar-refractivity contribution in [1.82, 2.24) is 4.90 Å². The quantitative estimate of drug-likeness (QED) is 0.720. The van der Waals surface area contributed by atoms with Crippen molar-refractivity contribution in [2.45, 2.75) is 25.8 Å². The van der Waals surface area contributed by atoms with Crippen LogP contribution < -0.4 is 0 Å². The molecule has 0 N–H and O–H groups in total. The Bertz CT molecular complexity index is 401. The zero-order chi connectivity index (χ0) is 11.4. The van der Waals surface area contributed by atoms with Crippen LogP contribution in [0.3, 0.4) is 0 Å². The number of hydrogen-bond acceptors (Lipinski definition) is 2. The number of carbonyl (C=O) groups is 2. The first kappa shape index (κ1) is 10.9. The van der Waals surface area contributed by atoms with Crippen LogP contribution in [0.5, 0.6) is 0 Å². The molecule has 0 saturated carbocycles. The lowest BCUT2D eigenvalue weighted by atomic mass is 10.00. The van der Waals surface area contributed by atoms with E-state index in [1.165, 1.54) is 11.1 Å². The number of benzene rings is 1. The van der Waals surface area contributed by atoms with Crippen molar-refractivity contribution < 1.29 is 9.59 Å². The average molecular weight is 217 g/mol. The van der Waals surface area contributed by atoms with Crippen LogP contribution in [0, 0.1) is 0 Å². The van der Waals surface area contributed by atoms with Gasteiger partial charge >= 0.3 is 0 Å². The Kier molecular flexibility index (Phi) is 3.34. The minimum atomic E-state index is 0.0848. The smallest absolute Gasteiger partial charge is 0.223 e. The van der Waals surface area contributed by atoms with E-state index in [2.05, 4.69) is 12.1 Å². The summed E-state index contributed by atoms with van der Waals surface area (Å²) >= 11 is 0. The lowest BCUT2D eigenvalue weighted by Gasteiger charge is -2.28. The molecule has 1 amide bonds. The monoisotopic (exact) mass is 217 g/mol. The molecule has 0 spiro atoms. The second-order valence-corrected chi connectivity index (χ2v) is 4.04. The molecule has 0 fully saturated rings. The fourth-order valence-electron chi connectivity index (χ4n) is 2.05. The second-order valence-electron chi connectivity index (χ2n) is 4.04. The van der Waals surface area contributed by atoms with Gasteiger partial charge in [0.1, 0.15) is 6.29 Å². The molecule has 1 aliphatic rings. The van der Waals surface area contributed by atoms with E-state index in [0.717, 1.165) is 19.3 Å². The number of carbonyl (C=O) groups excluding carboxylic acids is 2. The van der Waals surface area contributed by atoms with Crippen molar-refractivity contribution in [3.63, 3.8) is 0 Å². The standard InChI is InChI=1S/C13H15NO2/c15-9-3-6-13(16)14-8-7-11-4-1-2-5-12(11)10-14/h1-2,4-5,9H,3,6-8,10H2. The summed E-state index contributed by atoms with van der Waals surface area (Å²) in [5.41, 5.74) is 2.56. The summed E-state index contributed by atoms with van der Waals surface area (Å²) in [6.07, 6.45) is 2.39. The van der Waals surface area contributed by atoms with E-state index < -0.39 is 0 Å². The molecule has 0 atom stereocenters. The topological polar surface area (TPSA) is 37.4 Å². The van der Waals surface area contributed by atoms with Gasteiger partial charge in [0.15, 0.2) is 0 Å². The van der Waals surface area contributed by atoms with Gasteiger partial charge in [-0.25, -0.2) is 0 Å². The minimum absolute atomic E-state index is 0.0848. The maximum atomic E-state index is 11.7. The summed E-state index contributed by atoms with van der Waals surface area (Å²) in [6.45, 7) is 1.46. The van der Waals surface area contributed by atoms with Crippen molar-refractivity contribution in [3.8, 4) is 0 Å². The Balaban J connectivity index is 2.02. The second kappa shape index (κ2) is 4.92. The molecule has 2 rings (SSSR count). The number of nitrogens with zero attached hydrogens (tertiary/aromatic N) is 1. The number of aldehydes is 1. The molecule has 16 heavy (non-hydrogen) atoms. The zero-order valence-corrected chi connectivity index (χ0v) is 9.19. The predicted molar refractivity (Wildman–Crippen MR) is 60.9 cm³/mol. The Hall–Kier alpha value is -1.64. The van der Waals surface area contributed by atoms with Crippen LogP contribution in [-0.4, -0.2) is 23.6 Å². The third-order valence-electron chi connectivity index (χ3n) is 2.96. The third kappa shape index (κ3) is 2.30. The van der Waals surface area contributed by atoms with E-state index in [1.54, 1.807) is 0 Å². The molecule has 0 aliphatic carbocycles. The highest BCUT2D eigenvalue weighted by molar-refractivity contribution is 5.78.